The molecule has 132 valence electrons. The van der Waals surface area contributed by atoms with Gasteiger partial charge in [-0.3, -0.25) is 0 Å². The van der Waals surface area contributed by atoms with Gasteiger partial charge >= 0.3 is 0 Å². The molecule has 0 saturated heterocycles. The Morgan fingerprint density at radius 2 is 0.741 bits per heavy atom. The Morgan fingerprint density at radius 3 is 1.07 bits per heavy atom. The van der Waals surface area contributed by atoms with E-state index in [9.17, 15) is 0 Å². The lowest BCUT2D eigenvalue weighted by atomic mass is 10.3. The number of rotatable bonds is 4. The first-order chi connectivity index (χ1) is 13.2. The van der Waals surface area contributed by atoms with E-state index >= 15 is 0 Å². The van der Waals surface area contributed by atoms with Crippen molar-refractivity contribution in [3.63, 3.8) is 0 Å². The minimum atomic E-state index is -2.13. The van der Waals surface area contributed by atoms with Crippen molar-refractivity contribution in [1.29, 1.82) is 0 Å². The van der Waals surface area contributed by atoms with Crippen LogP contribution < -0.4 is 21.2 Å². The largest absolute Gasteiger partial charge is 0.144 e. The molecule has 3 heteroatoms. The first-order valence-electron chi connectivity index (χ1n) is 8.74. The van der Waals surface area contributed by atoms with Crippen LogP contribution in [0.25, 0.3) is 0 Å². The quantitative estimate of drug-likeness (QED) is 0.385. The van der Waals surface area contributed by atoms with E-state index in [0.29, 0.717) is 10.0 Å². The average molecular weight is 408 g/mol. The Morgan fingerprint density at radius 1 is 0.407 bits per heavy atom. The van der Waals surface area contributed by atoms with E-state index in [1.54, 1.807) is 6.07 Å². The fraction of sp³-hybridized carbons (Fsp3) is 0. The summed E-state index contributed by atoms with van der Waals surface area (Å²) < 4.78 is 0. The van der Waals surface area contributed by atoms with Gasteiger partial charge in [0, 0.05) is 22.2 Å². The van der Waals surface area contributed by atoms with Gasteiger partial charge in [0.25, 0.3) is 0 Å². The molecule has 0 unspecified atom stereocenters. The van der Waals surface area contributed by atoms with E-state index < -0.39 is 7.26 Å². The summed E-state index contributed by atoms with van der Waals surface area (Å²) in [5, 5.41) is 6.31. The zero-order valence-electron chi connectivity index (χ0n) is 14.6. The minimum Gasteiger partial charge on any atom is -0.0841 e. The van der Waals surface area contributed by atoms with Gasteiger partial charge in [-0.25, -0.2) is 0 Å². The summed E-state index contributed by atoms with van der Waals surface area (Å²) in [6, 6.07) is 37.9. The summed E-state index contributed by atoms with van der Waals surface area (Å²) >= 11 is 12.9. The Hall–Kier alpha value is -2.11. The van der Waals surface area contributed by atoms with Crippen LogP contribution in [0.1, 0.15) is 0 Å². The van der Waals surface area contributed by atoms with Crippen molar-refractivity contribution in [3.05, 3.63) is 119 Å². The number of hydrogen-bond donors (Lipinski definition) is 0. The highest BCUT2D eigenvalue weighted by Crippen LogP contribution is 2.54. The molecule has 0 spiro atoms. The Bertz CT molecular complexity index is 915. The average Bonchev–Trinajstić information content (AvgIpc) is 2.70. The van der Waals surface area contributed by atoms with Crippen molar-refractivity contribution in [2.24, 2.45) is 0 Å². The molecule has 4 aromatic rings. The van der Waals surface area contributed by atoms with Crippen LogP contribution in [0.5, 0.6) is 0 Å². The van der Waals surface area contributed by atoms with Crippen LogP contribution >= 0.6 is 30.5 Å². The summed E-state index contributed by atoms with van der Waals surface area (Å²) in [6.45, 7) is 0. The molecule has 0 radical (unpaired) electrons. The summed E-state index contributed by atoms with van der Waals surface area (Å²) in [7, 11) is -2.13. The van der Waals surface area contributed by atoms with Crippen molar-refractivity contribution in [3.8, 4) is 0 Å². The molecule has 0 amide bonds. The lowest BCUT2D eigenvalue weighted by Gasteiger charge is -2.27. The van der Waals surface area contributed by atoms with E-state index in [1.165, 1.54) is 15.9 Å². The predicted octanol–water partition coefficient (Wildman–Crippen LogP) is 5.61. The Kier molecular flexibility index (Phi) is 5.32. The van der Waals surface area contributed by atoms with Crippen LogP contribution in [0.15, 0.2) is 109 Å². The van der Waals surface area contributed by atoms with Gasteiger partial charge in [-0.1, -0.05) is 77.8 Å². The van der Waals surface area contributed by atoms with Crippen molar-refractivity contribution >= 4 is 51.7 Å². The molecule has 0 bridgehead atoms. The lowest BCUT2D eigenvalue weighted by molar-refractivity contribution is 1.70. The SMILES string of the molecule is Clc1cc(Cl)cc([P+](c2ccccc2)(c2ccccc2)c2ccccc2)c1. The third kappa shape index (κ3) is 3.42. The topological polar surface area (TPSA) is 0 Å². The summed E-state index contributed by atoms with van der Waals surface area (Å²) in [5.74, 6) is 0. The highest BCUT2D eigenvalue weighted by Gasteiger charge is 2.48. The highest BCUT2D eigenvalue weighted by molar-refractivity contribution is 8.01. The molecule has 0 aliphatic carbocycles. The molecule has 0 saturated carbocycles. The standard InChI is InChI=1S/C24H18Cl2P/c25-19-16-20(26)18-24(17-19)27(21-10-4-1-5-11-21,22-12-6-2-7-13-22)23-14-8-3-9-15-23/h1-18H/q+1. The van der Waals surface area contributed by atoms with Gasteiger partial charge in [0.05, 0.1) is 0 Å². The van der Waals surface area contributed by atoms with Gasteiger partial charge in [0.2, 0.25) is 0 Å². The molecular formula is C24H18Cl2P+. The molecule has 0 N–H and O–H groups in total. The van der Waals surface area contributed by atoms with Crippen molar-refractivity contribution < 1.29 is 0 Å². The highest BCUT2D eigenvalue weighted by atomic mass is 35.5. The van der Waals surface area contributed by atoms with E-state index in [2.05, 4.69) is 103 Å². The van der Waals surface area contributed by atoms with Crippen molar-refractivity contribution in [2.75, 3.05) is 0 Å². The third-order valence-electron chi connectivity index (χ3n) is 4.67. The smallest absolute Gasteiger partial charge is 0.0841 e. The van der Waals surface area contributed by atoms with Crippen LogP contribution in [0.3, 0.4) is 0 Å². The molecule has 0 aliphatic heterocycles. The van der Waals surface area contributed by atoms with Gasteiger partial charge in [-0.2, -0.15) is 0 Å². The molecule has 0 nitrogen and oxygen atoms in total. The molecule has 0 heterocycles. The molecule has 0 atom stereocenters. The minimum absolute atomic E-state index is 0.657. The van der Waals surface area contributed by atoms with E-state index in [1.807, 2.05) is 0 Å². The second-order valence-electron chi connectivity index (χ2n) is 6.31. The summed E-state index contributed by atoms with van der Waals surface area (Å²) in [5.41, 5.74) is 0. The lowest BCUT2D eigenvalue weighted by Crippen LogP contribution is -2.38. The second-order valence-corrected chi connectivity index (χ2v) is 10.6. The maximum atomic E-state index is 6.45. The first kappa shape index (κ1) is 18.3. The van der Waals surface area contributed by atoms with Gasteiger partial charge in [-0.15, -0.1) is 0 Å². The zero-order chi connectivity index (χ0) is 18.7. The van der Waals surface area contributed by atoms with Gasteiger partial charge in [0.15, 0.2) is 0 Å². The van der Waals surface area contributed by atoms with E-state index in [0.717, 1.165) is 5.30 Å². The summed E-state index contributed by atoms with van der Waals surface area (Å²) in [4.78, 5) is 0. The van der Waals surface area contributed by atoms with Crippen LogP contribution in [0, 0.1) is 0 Å². The normalized spacial score (nSPS) is 11.3. The molecule has 4 aromatic carbocycles. The maximum absolute atomic E-state index is 6.45. The van der Waals surface area contributed by atoms with Crippen molar-refractivity contribution in [2.45, 2.75) is 0 Å². The summed E-state index contributed by atoms with van der Waals surface area (Å²) in [6.07, 6.45) is 0. The van der Waals surface area contributed by atoms with Crippen molar-refractivity contribution in [1.82, 2.24) is 0 Å². The van der Waals surface area contributed by atoms with Gasteiger partial charge < -0.3 is 0 Å². The van der Waals surface area contributed by atoms with Crippen LogP contribution in [-0.4, -0.2) is 0 Å². The fourth-order valence-electron chi connectivity index (χ4n) is 3.58. The maximum Gasteiger partial charge on any atom is 0.144 e. The number of hydrogen-bond acceptors (Lipinski definition) is 0. The number of benzene rings is 4. The molecule has 27 heavy (non-hydrogen) atoms. The number of halogens is 2. The molecule has 0 fully saturated rings. The van der Waals surface area contributed by atoms with E-state index in [-0.39, 0.29) is 0 Å². The van der Waals surface area contributed by atoms with Gasteiger partial charge in [0.1, 0.15) is 28.5 Å². The molecule has 0 aliphatic rings. The molecular weight excluding hydrogens is 390 g/mol. The van der Waals surface area contributed by atoms with Crippen LogP contribution in [0.2, 0.25) is 10.0 Å². The first-order valence-corrected chi connectivity index (χ1v) is 11.3. The monoisotopic (exact) mass is 407 g/mol. The van der Waals surface area contributed by atoms with E-state index in [4.69, 9.17) is 23.2 Å². The fourth-order valence-corrected chi connectivity index (χ4v) is 8.57. The Balaban J connectivity index is 2.16. The zero-order valence-corrected chi connectivity index (χ0v) is 17.0. The van der Waals surface area contributed by atoms with Crippen LogP contribution in [-0.2, 0) is 0 Å². The van der Waals surface area contributed by atoms with Gasteiger partial charge in [-0.05, 0) is 42.5 Å². The van der Waals surface area contributed by atoms with Crippen LogP contribution in [0.4, 0.5) is 0 Å². The predicted molar refractivity (Wildman–Crippen MR) is 121 cm³/mol. The second kappa shape index (κ2) is 7.87. The third-order valence-corrected chi connectivity index (χ3v) is 9.35. The molecule has 0 aromatic heterocycles. The Labute approximate surface area is 170 Å². The molecule has 4 rings (SSSR count).